The molecule has 0 radical (unpaired) electrons. The lowest BCUT2D eigenvalue weighted by Crippen LogP contribution is -2.34. The van der Waals surface area contributed by atoms with Gasteiger partial charge in [-0.15, -0.1) is 4.68 Å². The summed E-state index contributed by atoms with van der Waals surface area (Å²) in [6, 6.07) is 4.31. The minimum absolute atomic E-state index is 0.0634. The molecule has 2 aromatic rings. The van der Waals surface area contributed by atoms with Crippen LogP contribution in [-0.2, 0) is 16.0 Å². The van der Waals surface area contributed by atoms with E-state index < -0.39 is 34.0 Å². The van der Waals surface area contributed by atoms with E-state index in [-0.39, 0.29) is 18.1 Å². The fraction of sp³-hybridized carbons (Fsp3) is 0.211. The molecule has 1 unspecified atom stereocenters. The van der Waals surface area contributed by atoms with Gasteiger partial charge in [0.15, 0.2) is 18.2 Å². The van der Waals surface area contributed by atoms with E-state index in [2.05, 4.69) is 10.4 Å². The molecule has 10 nitrogen and oxygen atoms in total. The molecule has 0 N–H and O–H groups in total. The molecule has 1 aliphatic heterocycles. The van der Waals surface area contributed by atoms with Crippen LogP contribution in [0.1, 0.15) is 11.1 Å². The van der Waals surface area contributed by atoms with Gasteiger partial charge in [0.2, 0.25) is 0 Å². The van der Waals surface area contributed by atoms with Gasteiger partial charge in [0.1, 0.15) is 6.26 Å². The second-order valence-electron chi connectivity index (χ2n) is 6.88. The Kier molecular flexibility index (Phi) is 5.16. The van der Waals surface area contributed by atoms with Gasteiger partial charge >= 0.3 is 11.6 Å². The summed E-state index contributed by atoms with van der Waals surface area (Å²) in [5.41, 5.74) is -0.674. The monoisotopic (exact) mass is 449 g/mol. The third kappa shape index (κ3) is 3.68. The average Bonchev–Trinajstić information content (AvgIpc) is 3.10. The maximum Gasteiger partial charge on any atom is 0.371 e. The number of nitro benzene ring substituents is 1. The zero-order valence-corrected chi connectivity index (χ0v) is 16.3. The number of tetrazole rings is 1. The van der Waals surface area contributed by atoms with Crippen LogP contribution in [0.3, 0.4) is 0 Å². The summed E-state index contributed by atoms with van der Waals surface area (Å²) in [5, 5.41) is 18.3. The molecule has 166 valence electrons. The molecular formula is C19H14F3N5O5. The highest BCUT2D eigenvalue weighted by Crippen LogP contribution is 2.39. The van der Waals surface area contributed by atoms with Gasteiger partial charge in [-0.05, 0) is 41.1 Å². The minimum atomic E-state index is -3.86. The summed E-state index contributed by atoms with van der Waals surface area (Å²) in [6.45, 7) is 1.49. The first-order valence-electron chi connectivity index (χ1n) is 9.10. The fourth-order valence-corrected chi connectivity index (χ4v) is 3.11. The molecule has 4 rings (SSSR count). The second-order valence-corrected chi connectivity index (χ2v) is 6.88. The SMILES string of the molecule is Cc1cc(Cn2nnn(C3=COC=C(C4=CC=CC(F)C4(F)F)O3)c2=O)ccc1[N+](=O)[O-]. The van der Waals surface area contributed by atoms with Crippen LogP contribution in [0, 0.1) is 17.0 Å². The quantitative estimate of drug-likeness (QED) is 0.509. The average molecular weight is 449 g/mol. The van der Waals surface area contributed by atoms with Crippen molar-refractivity contribution in [3.05, 3.63) is 92.0 Å². The topological polar surface area (TPSA) is 114 Å². The van der Waals surface area contributed by atoms with E-state index in [1.807, 2.05) is 0 Å². The molecule has 1 atom stereocenters. The number of halogens is 3. The van der Waals surface area contributed by atoms with E-state index in [1.165, 1.54) is 18.2 Å². The number of nitro groups is 1. The molecule has 0 saturated carbocycles. The van der Waals surface area contributed by atoms with Crippen LogP contribution < -0.4 is 5.69 Å². The number of allylic oxidation sites excluding steroid dienone is 4. The van der Waals surface area contributed by atoms with Gasteiger partial charge in [-0.3, -0.25) is 10.1 Å². The van der Waals surface area contributed by atoms with Crippen LogP contribution in [0.25, 0.3) is 5.88 Å². The Balaban J connectivity index is 1.55. The van der Waals surface area contributed by atoms with Crippen molar-refractivity contribution in [2.45, 2.75) is 25.6 Å². The molecule has 0 bridgehead atoms. The molecule has 2 heterocycles. The molecule has 0 fully saturated rings. The molecule has 1 aromatic heterocycles. The van der Waals surface area contributed by atoms with Crippen molar-refractivity contribution in [2.24, 2.45) is 0 Å². The van der Waals surface area contributed by atoms with Crippen LogP contribution >= 0.6 is 0 Å². The molecule has 0 amide bonds. The Morgan fingerprint density at radius 1 is 1.28 bits per heavy atom. The van der Waals surface area contributed by atoms with Gasteiger partial charge in [0.05, 0.1) is 17.0 Å². The molecule has 0 spiro atoms. The van der Waals surface area contributed by atoms with E-state index in [1.54, 1.807) is 6.92 Å². The normalized spacial score (nSPS) is 19.4. The van der Waals surface area contributed by atoms with Crippen LogP contribution in [0.2, 0.25) is 0 Å². The van der Waals surface area contributed by atoms with Crippen LogP contribution in [0.15, 0.2) is 65.1 Å². The van der Waals surface area contributed by atoms with Crippen molar-refractivity contribution in [3.63, 3.8) is 0 Å². The lowest BCUT2D eigenvalue weighted by molar-refractivity contribution is -0.385. The van der Waals surface area contributed by atoms with E-state index in [9.17, 15) is 28.1 Å². The summed E-state index contributed by atoms with van der Waals surface area (Å²) < 4.78 is 53.9. The van der Waals surface area contributed by atoms with Gasteiger partial charge in [0.25, 0.3) is 11.6 Å². The first-order valence-corrected chi connectivity index (χ1v) is 9.10. The highest BCUT2D eigenvalue weighted by molar-refractivity contribution is 5.46. The maximum absolute atomic E-state index is 14.2. The van der Waals surface area contributed by atoms with Gasteiger partial charge in [-0.2, -0.15) is 13.5 Å². The van der Waals surface area contributed by atoms with Gasteiger partial charge in [-0.25, -0.2) is 9.18 Å². The van der Waals surface area contributed by atoms with Crippen LogP contribution in [-0.4, -0.2) is 36.8 Å². The summed E-state index contributed by atoms with van der Waals surface area (Å²) in [7, 11) is 0. The van der Waals surface area contributed by atoms with E-state index >= 15 is 0 Å². The van der Waals surface area contributed by atoms with Crippen LogP contribution in [0.4, 0.5) is 18.9 Å². The zero-order chi connectivity index (χ0) is 23.0. The second kappa shape index (κ2) is 7.83. The molecule has 32 heavy (non-hydrogen) atoms. The van der Waals surface area contributed by atoms with Crippen molar-refractivity contribution in [1.29, 1.82) is 0 Å². The van der Waals surface area contributed by atoms with E-state index in [0.717, 1.165) is 29.4 Å². The number of aryl methyl sites for hydroxylation is 1. The smallest absolute Gasteiger partial charge is 0.371 e. The minimum Gasteiger partial charge on any atom is -0.463 e. The summed E-state index contributed by atoms with van der Waals surface area (Å²) in [4.78, 5) is 23.1. The largest absolute Gasteiger partial charge is 0.463 e. The van der Waals surface area contributed by atoms with Crippen molar-refractivity contribution < 1.29 is 27.6 Å². The fourth-order valence-electron chi connectivity index (χ4n) is 3.11. The molecule has 2 aliphatic rings. The Bertz CT molecular complexity index is 1270. The molecular weight excluding hydrogens is 435 g/mol. The first-order chi connectivity index (χ1) is 15.2. The molecule has 13 heteroatoms. The number of rotatable bonds is 5. The Morgan fingerprint density at radius 3 is 2.78 bits per heavy atom. The summed E-state index contributed by atoms with van der Waals surface area (Å²) in [6.07, 6.45) is 2.06. The van der Waals surface area contributed by atoms with Crippen molar-refractivity contribution in [3.8, 4) is 0 Å². The third-order valence-corrected chi connectivity index (χ3v) is 4.71. The number of nitrogens with zero attached hydrogens (tertiary/aromatic N) is 5. The molecule has 1 aliphatic carbocycles. The maximum atomic E-state index is 14.2. The lowest BCUT2D eigenvalue weighted by atomic mass is 9.97. The third-order valence-electron chi connectivity index (χ3n) is 4.71. The molecule has 0 saturated heterocycles. The van der Waals surface area contributed by atoms with Crippen molar-refractivity contribution in [1.82, 2.24) is 19.8 Å². The molecule has 1 aromatic carbocycles. The van der Waals surface area contributed by atoms with Gasteiger partial charge < -0.3 is 9.47 Å². The number of hydrogen-bond donors (Lipinski definition) is 0. The number of aromatic nitrogens is 4. The van der Waals surface area contributed by atoms with Crippen molar-refractivity contribution >= 4 is 11.6 Å². The lowest BCUT2D eigenvalue weighted by Gasteiger charge is -2.26. The Morgan fingerprint density at radius 2 is 2.06 bits per heavy atom. The predicted octanol–water partition coefficient (Wildman–Crippen LogP) is 2.82. The number of ether oxygens (including phenoxy) is 2. The summed E-state index contributed by atoms with van der Waals surface area (Å²) in [5.74, 6) is -4.71. The Hall–Kier alpha value is -4.16. The Labute approximate surface area is 177 Å². The summed E-state index contributed by atoms with van der Waals surface area (Å²) >= 11 is 0. The predicted molar refractivity (Wildman–Crippen MR) is 103 cm³/mol. The van der Waals surface area contributed by atoms with Crippen molar-refractivity contribution in [2.75, 3.05) is 0 Å². The van der Waals surface area contributed by atoms with E-state index in [4.69, 9.17) is 9.47 Å². The number of hydrogen-bond acceptors (Lipinski definition) is 7. The first kappa shape index (κ1) is 21.1. The number of alkyl halides is 3. The van der Waals surface area contributed by atoms with Gasteiger partial charge in [-0.1, -0.05) is 12.1 Å². The van der Waals surface area contributed by atoms with E-state index in [0.29, 0.717) is 21.9 Å². The zero-order valence-electron chi connectivity index (χ0n) is 16.3. The highest BCUT2D eigenvalue weighted by atomic mass is 19.3. The number of benzene rings is 1. The standard InChI is InChI=1S/C19H14F3N5O5/c1-11-7-12(5-6-14(11)27(29)30)8-25-18(28)26(24-23-25)17-10-31-9-15(32-17)13-3-2-4-16(20)19(13,21)22/h2-7,9-10,16H,8H2,1H3. The highest BCUT2D eigenvalue weighted by Gasteiger charge is 2.47. The van der Waals surface area contributed by atoms with Crippen LogP contribution in [0.5, 0.6) is 0 Å². The van der Waals surface area contributed by atoms with Gasteiger partial charge in [0, 0.05) is 11.6 Å².